The molecule has 0 fully saturated rings. The fourth-order valence-corrected chi connectivity index (χ4v) is 1.95. The standard InChI is InChI=1S/C5H13FO6P2/c6-5(14(10,11)12)3-1-2-4-13(7,8)9/h5H,1-4H2,(H2,7,8,9)(H2,10,11,12). The van der Waals surface area contributed by atoms with Gasteiger partial charge in [-0.3, -0.25) is 9.13 Å². The van der Waals surface area contributed by atoms with Gasteiger partial charge in [0.25, 0.3) is 0 Å². The van der Waals surface area contributed by atoms with Gasteiger partial charge in [-0.2, -0.15) is 0 Å². The number of hydrogen-bond acceptors (Lipinski definition) is 2. The van der Waals surface area contributed by atoms with Crippen LogP contribution < -0.4 is 0 Å². The van der Waals surface area contributed by atoms with Crippen LogP contribution in [0, 0.1) is 0 Å². The maximum atomic E-state index is 12.6. The lowest BCUT2D eigenvalue weighted by Crippen LogP contribution is -2.01. The predicted octanol–water partition coefficient (Wildman–Crippen LogP) is 0.808. The molecule has 0 saturated carbocycles. The van der Waals surface area contributed by atoms with Gasteiger partial charge in [0.1, 0.15) is 0 Å². The van der Waals surface area contributed by atoms with E-state index in [1.54, 1.807) is 0 Å². The van der Waals surface area contributed by atoms with Crippen molar-refractivity contribution in [3.8, 4) is 0 Å². The molecule has 6 nitrogen and oxygen atoms in total. The van der Waals surface area contributed by atoms with Gasteiger partial charge in [0.2, 0.25) is 5.91 Å². The Kier molecular flexibility index (Phi) is 5.44. The minimum absolute atomic E-state index is 0.0391. The van der Waals surface area contributed by atoms with Gasteiger partial charge in [-0.1, -0.05) is 0 Å². The van der Waals surface area contributed by atoms with Crippen molar-refractivity contribution in [3.05, 3.63) is 0 Å². The first-order valence-corrected chi connectivity index (χ1v) is 7.35. The van der Waals surface area contributed by atoms with E-state index in [1.165, 1.54) is 0 Å². The summed E-state index contributed by atoms with van der Waals surface area (Å²) in [5.74, 6) is -2.24. The van der Waals surface area contributed by atoms with Gasteiger partial charge in [-0.15, -0.1) is 0 Å². The minimum atomic E-state index is -4.70. The van der Waals surface area contributed by atoms with E-state index in [0.29, 0.717) is 0 Å². The summed E-state index contributed by atoms with van der Waals surface area (Å²) in [4.78, 5) is 33.5. The molecule has 0 aromatic rings. The molecule has 0 bridgehead atoms. The molecule has 86 valence electrons. The second-order valence-electron chi connectivity index (χ2n) is 2.91. The summed E-state index contributed by atoms with van der Waals surface area (Å²) in [6, 6.07) is 0. The van der Waals surface area contributed by atoms with Crippen molar-refractivity contribution in [2.45, 2.75) is 25.2 Å². The van der Waals surface area contributed by atoms with Gasteiger partial charge < -0.3 is 19.6 Å². The highest BCUT2D eigenvalue weighted by molar-refractivity contribution is 7.52. The van der Waals surface area contributed by atoms with Crippen LogP contribution in [-0.4, -0.2) is 31.6 Å². The molecule has 4 N–H and O–H groups in total. The van der Waals surface area contributed by atoms with E-state index < -0.39 is 21.1 Å². The van der Waals surface area contributed by atoms with Crippen molar-refractivity contribution in [1.82, 2.24) is 0 Å². The average Bonchev–Trinajstić information content (AvgIpc) is 1.93. The van der Waals surface area contributed by atoms with Crippen LogP contribution in [0.5, 0.6) is 0 Å². The molecule has 0 spiro atoms. The summed E-state index contributed by atoms with van der Waals surface area (Å²) in [7, 11) is -8.78. The highest BCUT2D eigenvalue weighted by Crippen LogP contribution is 2.44. The first-order chi connectivity index (χ1) is 6.13. The average molecular weight is 250 g/mol. The molecule has 9 heteroatoms. The lowest BCUT2D eigenvalue weighted by Gasteiger charge is -2.09. The van der Waals surface area contributed by atoms with Crippen molar-refractivity contribution in [1.29, 1.82) is 0 Å². The second-order valence-corrected chi connectivity index (χ2v) is 6.42. The quantitative estimate of drug-likeness (QED) is 0.409. The Morgan fingerprint density at radius 1 is 1.07 bits per heavy atom. The molecule has 14 heavy (non-hydrogen) atoms. The zero-order valence-electron chi connectivity index (χ0n) is 7.28. The zero-order valence-corrected chi connectivity index (χ0v) is 9.07. The zero-order chi connectivity index (χ0) is 11.4. The molecular formula is C5H13FO6P2. The molecule has 0 aliphatic rings. The Bertz CT molecular complexity index is 257. The fourth-order valence-electron chi connectivity index (χ4n) is 0.799. The Morgan fingerprint density at radius 3 is 1.93 bits per heavy atom. The molecule has 0 rings (SSSR count). The van der Waals surface area contributed by atoms with Crippen molar-refractivity contribution < 1.29 is 33.1 Å². The van der Waals surface area contributed by atoms with Crippen LogP contribution in [0.3, 0.4) is 0 Å². The van der Waals surface area contributed by atoms with E-state index in [4.69, 9.17) is 19.6 Å². The van der Waals surface area contributed by atoms with Gasteiger partial charge in [0.05, 0.1) is 0 Å². The molecule has 1 atom stereocenters. The summed E-state index contributed by atoms with van der Waals surface area (Å²) in [5, 5.41) is 0. The monoisotopic (exact) mass is 250 g/mol. The first-order valence-electron chi connectivity index (χ1n) is 3.87. The first kappa shape index (κ1) is 14.2. The van der Waals surface area contributed by atoms with Gasteiger partial charge >= 0.3 is 15.2 Å². The van der Waals surface area contributed by atoms with Crippen LogP contribution >= 0.6 is 15.2 Å². The smallest absolute Gasteiger partial charge is 0.324 e. The van der Waals surface area contributed by atoms with Crippen molar-refractivity contribution >= 4 is 15.2 Å². The summed E-state index contributed by atoms with van der Waals surface area (Å²) < 4.78 is 33.2. The number of halogens is 1. The van der Waals surface area contributed by atoms with Gasteiger partial charge in [0.15, 0.2) is 0 Å². The molecule has 0 radical (unpaired) electrons. The summed E-state index contributed by atoms with van der Waals surface area (Å²) in [6.45, 7) is 0. The van der Waals surface area contributed by atoms with Crippen molar-refractivity contribution in [2.75, 3.05) is 6.16 Å². The van der Waals surface area contributed by atoms with E-state index >= 15 is 0 Å². The maximum absolute atomic E-state index is 12.6. The molecule has 0 aromatic carbocycles. The molecule has 0 aliphatic heterocycles. The molecule has 0 aliphatic carbocycles. The summed E-state index contributed by atoms with van der Waals surface area (Å²) in [6.07, 6.45) is -0.687. The van der Waals surface area contributed by atoms with E-state index in [2.05, 4.69) is 0 Å². The van der Waals surface area contributed by atoms with Crippen LogP contribution in [0.1, 0.15) is 19.3 Å². The Morgan fingerprint density at radius 2 is 1.57 bits per heavy atom. The van der Waals surface area contributed by atoms with E-state index in [0.717, 1.165) is 0 Å². The van der Waals surface area contributed by atoms with Crippen LogP contribution in [0.25, 0.3) is 0 Å². The third-order valence-corrected chi connectivity index (χ3v) is 3.39. The number of unbranched alkanes of at least 4 members (excludes halogenated alkanes) is 1. The van der Waals surface area contributed by atoms with Crippen LogP contribution in [0.15, 0.2) is 0 Å². The maximum Gasteiger partial charge on any atom is 0.359 e. The fraction of sp³-hybridized carbons (Fsp3) is 1.00. The van der Waals surface area contributed by atoms with Crippen LogP contribution in [0.4, 0.5) is 4.39 Å². The molecule has 0 saturated heterocycles. The Hall–Kier alpha value is 0.230. The van der Waals surface area contributed by atoms with Gasteiger partial charge in [0, 0.05) is 6.16 Å². The largest absolute Gasteiger partial charge is 0.359 e. The van der Waals surface area contributed by atoms with Crippen molar-refractivity contribution in [2.24, 2.45) is 0 Å². The van der Waals surface area contributed by atoms with Crippen molar-refractivity contribution in [3.63, 3.8) is 0 Å². The number of alkyl halides is 1. The summed E-state index contributed by atoms with van der Waals surface area (Å²) >= 11 is 0. The number of hydrogen-bond donors (Lipinski definition) is 4. The van der Waals surface area contributed by atoms with Crippen LogP contribution in [0.2, 0.25) is 0 Å². The SMILES string of the molecule is O=P(O)(O)CCCCC(F)P(=O)(O)O. The normalized spacial score (nSPS) is 15.5. The van der Waals surface area contributed by atoms with Crippen LogP contribution in [-0.2, 0) is 9.13 Å². The Balaban J connectivity index is 3.67. The lowest BCUT2D eigenvalue weighted by atomic mass is 10.3. The summed E-state index contributed by atoms with van der Waals surface area (Å²) in [5.41, 5.74) is 0. The molecule has 0 aromatic heterocycles. The highest BCUT2D eigenvalue weighted by atomic mass is 31.2. The highest BCUT2D eigenvalue weighted by Gasteiger charge is 2.27. The minimum Gasteiger partial charge on any atom is -0.324 e. The van der Waals surface area contributed by atoms with E-state index in [-0.39, 0.29) is 25.4 Å². The Labute approximate surface area is 80.5 Å². The van der Waals surface area contributed by atoms with Gasteiger partial charge in [-0.25, -0.2) is 4.39 Å². The van der Waals surface area contributed by atoms with E-state index in [1.807, 2.05) is 0 Å². The van der Waals surface area contributed by atoms with Gasteiger partial charge in [-0.05, 0) is 19.3 Å². The third kappa shape index (κ3) is 7.62. The predicted molar refractivity (Wildman–Crippen MR) is 47.7 cm³/mol. The molecule has 1 unspecified atom stereocenters. The molecule has 0 heterocycles. The van der Waals surface area contributed by atoms with E-state index in [9.17, 15) is 13.5 Å². The number of rotatable bonds is 6. The topological polar surface area (TPSA) is 115 Å². The third-order valence-electron chi connectivity index (χ3n) is 1.51. The molecular weight excluding hydrogens is 237 g/mol. The lowest BCUT2D eigenvalue weighted by molar-refractivity contribution is 0.288. The molecule has 0 amide bonds. The second kappa shape index (κ2) is 5.35.